The van der Waals surface area contributed by atoms with Crippen molar-refractivity contribution in [3.63, 3.8) is 0 Å². The Morgan fingerprint density at radius 1 is 1.38 bits per heavy atom. The molecule has 5 nitrogen and oxygen atoms in total. The molecule has 0 amide bonds. The topological polar surface area (TPSA) is 66.6 Å². The van der Waals surface area contributed by atoms with Gasteiger partial charge in [0, 0.05) is 24.8 Å². The largest absolute Gasteiger partial charge is 0.423 e. The molecule has 1 heterocycles. The summed E-state index contributed by atoms with van der Waals surface area (Å²) in [6, 6.07) is 2.89. The minimum atomic E-state index is -4.79. The van der Waals surface area contributed by atoms with Crippen molar-refractivity contribution in [3.8, 4) is 0 Å². The van der Waals surface area contributed by atoms with Crippen LogP contribution in [0.3, 0.4) is 0 Å². The number of nitro benzene ring substituents is 1. The van der Waals surface area contributed by atoms with E-state index in [0.29, 0.717) is 0 Å². The number of nitro groups is 1. The van der Waals surface area contributed by atoms with Gasteiger partial charge in [-0.2, -0.15) is 13.2 Å². The van der Waals surface area contributed by atoms with E-state index in [0.717, 1.165) is 12.1 Å². The Hall–Kier alpha value is -1.83. The van der Waals surface area contributed by atoms with Crippen LogP contribution in [-0.4, -0.2) is 28.7 Å². The standard InChI is InChI=1S/C13H15F3N2O3/c1-8(2)12(19)6-17(7-12)9-3-4-11(18(20)21)10(5-9)13(14,15)16/h3-5,8,19H,6-7H2,1-2H3. The quantitative estimate of drug-likeness (QED) is 0.689. The second kappa shape index (κ2) is 4.87. The third-order valence-electron chi connectivity index (χ3n) is 3.85. The number of β-amino-alcohol motifs (C(OH)–C–C–N with tert-alkyl or cyclic N) is 1. The van der Waals surface area contributed by atoms with Gasteiger partial charge in [0.15, 0.2) is 0 Å². The molecule has 1 saturated heterocycles. The number of anilines is 1. The summed E-state index contributed by atoms with van der Waals surface area (Å²) in [5.74, 6) is -0.0196. The molecule has 2 rings (SSSR count). The zero-order valence-electron chi connectivity index (χ0n) is 11.5. The minimum Gasteiger partial charge on any atom is -0.386 e. The van der Waals surface area contributed by atoms with Crippen molar-refractivity contribution < 1.29 is 23.2 Å². The van der Waals surface area contributed by atoms with Crippen LogP contribution in [0, 0.1) is 16.0 Å². The Labute approximate surface area is 119 Å². The van der Waals surface area contributed by atoms with Crippen LogP contribution in [0.2, 0.25) is 0 Å². The van der Waals surface area contributed by atoms with E-state index in [2.05, 4.69) is 0 Å². The second-order valence-corrected chi connectivity index (χ2v) is 5.57. The molecule has 1 fully saturated rings. The number of hydrogen-bond donors (Lipinski definition) is 1. The molecule has 1 aliphatic rings. The normalized spacial score (nSPS) is 17.8. The lowest BCUT2D eigenvalue weighted by Gasteiger charge is -2.50. The molecule has 8 heteroatoms. The Kier molecular flexibility index (Phi) is 3.61. The number of alkyl halides is 3. The van der Waals surface area contributed by atoms with E-state index < -0.39 is 28.0 Å². The lowest BCUT2D eigenvalue weighted by Crippen LogP contribution is -2.64. The van der Waals surface area contributed by atoms with Gasteiger partial charge in [-0.15, -0.1) is 0 Å². The van der Waals surface area contributed by atoms with Crippen LogP contribution in [0.15, 0.2) is 18.2 Å². The maximum Gasteiger partial charge on any atom is 0.423 e. The fraction of sp³-hybridized carbons (Fsp3) is 0.538. The molecule has 0 unspecified atom stereocenters. The molecular weight excluding hydrogens is 289 g/mol. The summed E-state index contributed by atoms with van der Waals surface area (Å²) in [6.07, 6.45) is -4.79. The first-order chi connectivity index (χ1) is 9.54. The molecule has 0 radical (unpaired) electrons. The highest BCUT2D eigenvalue weighted by Gasteiger charge is 2.45. The molecule has 1 N–H and O–H groups in total. The Morgan fingerprint density at radius 2 is 1.95 bits per heavy atom. The molecule has 116 valence electrons. The van der Waals surface area contributed by atoms with Gasteiger partial charge >= 0.3 is 6.18 Å². The molecule has 1 aromatic carbocycles. The van der Waals surface area contributed by atoms with Crippen molar-refractivity contribution in [2.24, 2.45) is 5.92 Å². The van der Waals surface area contributed by atoms with E-state index in [1.165, 1.54) is 6.07 Å². The molecule has 0 aliphatic carbocycles. The van der Waals surface area contributed by atoms with Crippen LogP contribution in [0.25, 0.3) is 0 Å². The van der Waals surface area contributed by atoms with E-state index in [-0.39, 0.29) is 24.7 Å². The summed E-state index contributed by atoms with van der Waals surface area (Å²) >= 11 is 0. The number of hydrogen-bond acceptors (Lipinski definition) is 4. The van der Waals surface area contributed by atoms with Gasteiger partial charge in [-0.1, -0.05) is 13.8 Å². The van der Waals surface area contributed by atoms with Gasteiger partial charge in [-0.3, -0.25) is 10.1 Å². The van der Waals surface area contributed by atoms with E-state index in [1.54, 1.807) is 4.90 Å². The predicted molar refractivity (Wildman–Crippen MR) is 70.1 cm³/mol. The second-order valence-electron chi connectivity index (χ2n) is 5.57. The summed E-state index contributed by atoms with van der Waals surface area (Å²) in [5, 5.41) is 20.8. The molecule has 0 aromatic heterocycles. The first-order valence-corrected chi connectivity index (χ1v) is 6.37. The van der Waals surface area contributed by atoms with Crippen molar-refractivity contribution in [2.75, 3.05) is 18.0 Å². The van der Waals surface area contributed by atoms with E-state index in [4.69, 9.17) is 0 Å². The summed E-state index contributed by atoms with van der Waals surface area (Å²) in [4.78, 5) is 11.2. The maximum atomic E-state index is 12.9. The number of benzene rings is 1. The monoisotopic (exact) mass is 304 g/mol. The molecule has 0 atom stereocenters. The van der Waals surface area contributed by atoms with Gasteiger partial charge in [-0.05, 0) is 18.1 Å². The highest BCUT2D eigenvalue weighted by molar-refractivity contribution is 5.58. The third kappa shape index (κ3) is 2.80. The summed E-state index contributed by atoms with van der Waals surface area (Å²) in [7, 11) is 0. The fourth-order valence-electron chi connectivity index (χ4n) is 2.27. The van der Waals surface area contributed by atoms with Crippen LogP contribution in [0.4, 0.5) is 24.5 Å². The summed E-state index contributed by atoms with van der Waals surface area (Å²) in [6.45, 7) is 4.07. The highest BCUT2D eigenvalue weighted by atomic mass is 19.4. The molecule has 1 aliphatic heterocycles. The average molecular weight is 304 g/mol. The van der Waals surface area contributed by atoms with E-state index in [1.807, 2.05) is 13.8 Å². The van der Waals surface area contributed by atoms with Gasteiger partial charge in [0.05, 0.1) is 4.92 Å². The molecule has 1 aromatic rings. The van der Waals surface area contributed by atoms with Gasteiger partial charge in [0.25, 0.3) is 5.69 Å². The fourth-order valence-corrected chi connectivity index (χ4v) is 2.27. The van der Waals surface area contributed by atoms with Crippen LogP contribution < -0.4 is 4.90 Å². The molecule has 0 bridgehead atoms. The van der Waals surface area contributed by atoms with Crippen LogP contribution in [0.5, 0.6) is 0 Å². The highest BCUT2D eigenvalue weighted by Crippen LogP contribution is 2.40. The van der Waals surface area contributed by atoms with Crippen LogP contribution in [-0.2, 0) is 6.18 Å². The third-order valence-corrected chi connectivity index (χ3v) is 3.85. The van der Waals surface area contributed by atoms with Gasteiger partial charge in [-0.25, -0.2) is 0 Å². The van der Waals surface area contributed by atoms with Gasteiger partial charge in [0.1, 0.15) is 11.2 Å². The summed E-state index contributed by atoms with van der Waals surface area (Å²) in [5.41, 5.74) is -2.95. The molecular formula is C13H15F3N2O3. The SMILES string of the molecule is CC(C)C1(O)CN(c2ccc([N+](=O)[O-])c(C(F)(F)F)c2)C1. The van der Waals surface area contributed by atoms with E-state index in [9.17, 15) is 28.4 Å². The number of nitrogens with zero attached hydrogens (tertiary/aromatic N) is 2. The first kappa shape index (κ1) is 15.6. The van der Waals surface area contributed by atoms with E-state index >= 15 is 0 Å². The smallest absolute Gasteiger partial charge is 0.386 e. The Morgan fingerprint density at radius 3 is 2.38 bits per heavy atom. The number of rotatable bonds is 3. The van der Waals surface area contributed by atoms with Gasteiger partial charge < -0.3 is 10.0 Å². The Bertz CT molecular complexity index is 566. The van der Waals surface area contributed by atoms with Crippen molar-refractivity contribution in [1.29, 1.82) is 0 Å². The van der Waals surface area contributed by atoms with Crippen LogP contribution in [0.1, 0.15) is 19.4 Å². The molecule has 0 saturated carbocycles. The molecule has 0 spiro atoms. The zero-order valence-corrected chi connectivity index (χ0v) is 11.5. The lowest BCUT2D eigenvalue weighted by molar-refractivity contribution is -0.388. The maximum absolute atomic E-state index is 12.9. The van der Waals surface area contributed by atoms with Crippen molar-refractivity contribution in [3.05, 3.63) is 33.9 Å². The first-order valence-electron chi connectivity index (χ1n) is 6.37. The number of aliphatic hydroxyl groups is 1. The average Bonchev–Trinajstić information content (AvgIpc) is 2.32. The lowest BCUT2D eigenvalue weighted by atomic mass is 9.82. The zero-order chi connectivity index (χ0) is 16.0. The number of halogens is 3. The van der Waals surface area contributed by atoms with Crippen molar-refractivity contribution in [2.45, 2.75) is 25.6 Å². The van der Waals surface area contributed by atoms with Crippen molar-refractivity contribution in [1.82, 2.24) is 0 Å². The Balaban J connectivity index is 2.31. The van der Waals surface area contributed by atoms with Crippen LogP contribution >= 0.6 is 0 Å². The predicted octanol–water partition coefficient (Wildman–Crippen LogP) is 2.82. The molecule has 21 heavy (non-hydrogen) atoms. The summed E-state index contributed by atoms with van der Waals surface area (Å²) < 4.78 is 38.6. The van der Waals surface area contributed by atoms with Gasteiger partial charge in [0.2, 0.25) is 0 Å². The minimum absolute atomic E-state index is 0.0196. The van der Waals surface area contributed by atoms with Crippen molar-refractivity contribution >= 4 is 11.4 Å².